The summed E-state index contributed by atoms with van der Waals surface area (Å²) in [5, 5.41) is -0.526. The molecule has 7 aromatic carbocycles. The van der Waals surface area contributed by atoms with Gasteiger partial charge in [0.25, 0.3) is 7.37 Å². The maximum Gasteiger partial charge on any atom is 0.296 e. The number of benzene rings is 7. The van der Waals surface area contributed by atoms with Crippen LogP contribution in [0.4, 0.5) is 11.4 Å². The zero-order chi connectivity index (χ0) is 52.0. The van der Waals surface area contributed by atoms with Gasteiger partial charge in [-0.2, -0.15) is 0 Å². The Kier molecular flexibility index (Phi) is 10.9. The van der Waals surface area contributed by atoms with Crippen LogP contribution in [0.15, 0.2) is 152 Å². The van der Waals surface area contributed by atoms with Crippen LogP contribution in [0.1, 0.15) is 141 Å². The lowest BCUT2D eigenvalue weighted by atomic mass is 9.48. The van der Waals surface area contributed by atoms with E-state index in [-0.39, 0.29) is 0 Å². The molecule has 0 N–H and O–H groups in total. The van der Waals surface area contributed by atoms with E-state index >= 15 is 4.57 Å². The van der Waals surface area contributed by atoms with Crippen LogP contribution in [0.2, 0.25) is 0 Å². The van der Waals surface area contributed by atoms with Gasteiger partial charge in [0.05, 0.1) is 5.30 Å². The highest BCUT2D eigenvalue weighted by Crippen LogP contribution is 2.72. The molecule has 0 aromatic heterocycles. The van der Waals surface area contributed by atoms with Gasteiger partial charge in [-0.1, -0.05) is 117 Å². The third-order valence-electron chi connectivity index (χ3n) is 21.6. The molecule has 3 aliphatic heterocycles. The third-order valence-corrected chi connectivity index (χ3v) is 24.7. The van der Waals surface area contributed by atoms with Crippen LogP contribution in [-0.4, -0.2) is 13.5 Å². The molecule has 2 atom stereocenters. The summed E-state index contributed by atoms with van der Waals surface area (Å²) in [7, 11) is -4.02. The zero-order valence-electron chi connectivity index (χ0n) is 45.6. The van der Waals surface area contributed by atoms with Gasteiger partial charge in [0.2, 0.25) is 0 Å². The van der Waals surface area contributed by atoms with E-state index in [9.17, 15) is 0 Å². The monoisotopic (exact) mass is 1050 g/mol. The van der Waals surface area contributed by atoms with E-state index in [2.05, 4.69) is 157 Å². The molecule has 11 aliphatic rings. The summed E-state index contributed by atoms with van der Waals surface area (Å²) in [6, 6.07) is 55.3. The Morgan fingerprint density at radius 3 is 1.51 bits per heavy atom. The normalized spacial score (nSPS) is 30.3. The standard InChI is InChI=1S/C71H73N2O4P/c1-3-52-32-60(33-53(4-2)68(52)73-43-55-35-59(21-25-65(55)76-45-73)70-39-49-29-50(40-70)31-51(30-49)41-70)71(56-12-6-5-7-13-56,78(74)67-17-11-9-15-63(67)62-14-8-10-16-66(62)77-78)57-18-22-61(23-19-57)72-42-54-34-58(20-24-64(54)75-44-72)69-36-46-26-47(37-69)28-48(27-46)38-69/h5-25,32-35,46-51H,3-4,26-31,36-45H2,1-2H3. The van der Waals surface area contributed by atoms with Crippen molar-refractivity contribution in [2.75, 3.05) is 23.3 Å². The van der Waals surface area contributed by atoms with Gasteiger partial charge in [-0.05, 0) is 229 Å². The maximum absolute atomic E-state index is 17.7. The van der Waals surface area contributed by atoms with Crippen LogP contribution >= 0.6 is 7.37 Å². The molecule has 7 aromatic rings. The van der Waals surface area contributed by atoms with Crippen LogP contribution in [0.3, 0.4) is 0 Å². The molecule has 6 nitrogen and oxygen atoms in total. The van der Waals surface area contributed by atoms with Crippen molar-refractivity contribution in [1.29, 1.82) is 0 Å². The summed E-state index contributed by atoms with van der Waals surface area (Å²) >= 11 is 0. The van der Waals surface area contributed by atoms with Gasteiger partial charge in [0.15, 0.2) is 13.5 Å². The first-order valence-electron chi connectivity index (χ1n) is 30.0. The van der Waals surface area contributed by atoms with Crippen molar-refractivity contribution in [1.82, 2.24) is 0 Å². The second-order valence-corrected chi connectivity index (χ2v) is 28.6. The number of nitrogens with zero attached hydrogens (tertiary/aromatic N) is 2. The molecule has 0 spiro atoms. The minimum Gasteiger partial charge on any atom is -0.473 e. The van der Waals surface area contributed by atoms with Crippen molar-refractivity contribution in [3.63, 3.8) is 0 Å². The number of hydrogen-bond acceptors (Lipinski definition) is 6. The fourth-order valence-corrected chi connectivity index (χ4v) is 22.3. The first-order valence-corrected chi connectivity index (χ1v) is 31.7. The molecule has 396 valence electrons. The highest BCUT2D eigenvalue weighted by Gasteiger charge is 2.59. The number of hydrogen-bond donors (Lipinski definition) is 0. The molecule has 18 rings (SSSR count). The van der Waals surface area contributed by atoms with Gasteiger partial charge >= 0.3 is 0 Å². The van der Waals surface area contributed by atoms with Gasteiger partial charge in [0.1, 0.15) is 22.4 Å². The molecule has 8 fully saturated rings. The number of rotatable bonds is 10. The Hall–Kier alpha value is -6.23. The summed E-state index contributed by atoms with van der Waals surface area (Å²) < 4.78 is 38.5. The van der Waals surface area contributed by atoms with Gasteiger partial charge in [0, 0.05) is 41.2 Å². The highest BCUT2D eigenvalue weighted by atomic mass is 31.2. The lowest BCUT2D eigenvalue weighted by Crippen LogP contribution is -2.48. The predicted molar refractivity (Wildman–Crippen MR) is 314 cm³/mol. The largest absolute Gasteiger partial charge is 0.473 e. The molecule has 7 heteroatoms. The molecular formula is C71H73N2O4P. The van der Waals surface area contributed by atoms with Crippen molar-refractivity contribution in [3.05, 3.63) is 202 Å². The van der Waals surface area contributed by atoms with Crippen molar-refractivity contribution in [3.8, 4) is 28.4 Å². The van der Waals surface area contributed by atoms with E-state index in [1.54, 1.807) is 5.56 Å². The number of anilines is 2. The van der Waals surface area contributed by atoms with E-state index in [1.165, 1.54) is 111 Å². The van der Waals surface area contributed by atoms with Crippen LogP contribution in [-0.2, 0) is 46.5 Å². The molecule has 3 heterocycles. The maximum atomic E-state index is 17.7. The SMILES string of the molecule is CCc1cc(C(c2ccccc2)(c2ccc(N3COc4ccc(C56CC7CC(CC(C7)C5)C6)cc4C3)cc2)P2(=O)Oc3ccccc3-c3ccccc32)cc(CC)c1N1COc2ccc(C34CC5CC(CC(C5)C3)C4)cc2C1. The van der Waals surface area contributed by atoms with Gasteiger partial charge in [-0.15, -0.1) is 0 Å². The number of ether oxygens (including phenoxy) is 2. The molecule has 2 unspecified atom stereocenters. The second-order valence-electron chi connectivity index (χ2n) is 26.1. The summed E-state index contributed by atoms with van der Waals surface area (Å²) in [5.74, 6) is 8.04. The van der Waals surface area contributed by atoms with E-state index in [0.717, 1.165) is 112 Å². The van der Waals surface area contributed by atoms with Crippen LogP contribution in [0.25, 0.3) is 11.1 Å². The van der Waals surface area contributed by atoms with Crippen molar-refractivity contribution in [2.45, 2.75) is 133 Å². The summed E-state index contributed by atoms with van der Waals surface area (Å²) in [4.78, 5) is 4.86. The molecule has 0 radical (unpaired) electrons. The second kappa shape index (κ2) is 17.9. The molecular weight excluding hydrogens is 976 g/mol. The Morgan fingerprint density at radius 2 is 0.962 bits per heavy atom. The van der Waals surface area contributed by atoms with Crippen molar-refractivity contribution < 1.29 is 18.6 Å². The van der Waals surface area contributed by atoms with E-state index in [0.29, 0.717) is 30.0 Å². The number of fused-ring (bicyclic) bond motifs is 5. The van der Waals surface area contributed by atoms with Gasteiger partial charge in [-0.3, -0.25) is 4.57 Å². The van der Waals surface area contributed by atoms with Gasteiger partial charge < -0.3 is 23.8 Å². The topological polar surface area (TPSA) is 51.2 Å². The Balaban J connectivity index is 0.815. The Bertz CT molecular complexity index is 3470. The first-order chi connectivity index (χ1) is 38.2. The molecule has 8 bridgehead atoms. The Morgan fingerprint density at radius 1 is 0.487 bits per heavy atom. The highest BCUT2D eigenvalue weighted by molar-refractivity contribution is 7.69. The molecule has 78 heavy (non-hydrogen) atoms. The molecule has 8 saturated carbocycles. The van der Waals surface area contributed by atoms with Crippen molar-refractivity contribution in [2.24, 2.45) is 35.5 Å². The van der Waals surface area contributed by atoms with Crippen LogP contribution < -0.4 is 29.1 Å². The minimum atomic E-state index is -4.02. The van der Waals surface area contributed by atoms with E-state index < -0.39 is 12.5 Å². The lowest BCUT2D eigenvalue weighted by molar-refractivity contribution is -0.00538. The molecule has 8 aliphatic carbocycles. The summed E-state index contributed by atoms with van der Waals surface area (Å²) in [6.07, 6.45) is 18.4. The fraction of sp³-hybridized carbons (Fsp3) is 0.408. The van der Waals surface area contributed by atoms with Gasteiger partial charge in [-0.25, -0.2) is 0 Å². The van der Waals surface area contributed by atoms with Crippen LogP contribution in [0, 0.1) is 35.5 Å². The summed E-state index contributed by atoms with van der Waals surface area (Å²) in [5.41, 5.74) is 15.8. The fourth-order valence-electron chi connectivity index (χ4n) is 19.1. The number of para-hydroxylation sites is 1. The smallest absolute Gasteiger partial charge is 0.296 e. The predicted octanol–water partition coefficient (Wildman–Crippen LogP) is 16.4. The first kappa shape index (κ1) is 47.7. The summed E-state index contributed by atoms with van der Waals surface area (Å²) in [6.45, 7) is 7.07. The third kappa shape index (κ3) is 7.22. The lowest BCUT2D eigenvalue weighted by Gasteiger charge is -2.57. The average Bonchev–Trinajstić information content (AvgIpc) is 3.49. The van der Waals surface area contributed by atoms with Crippen molar-refractivity contribution >= 4 is 24.0 Å². The zero-order valence-corrected chi connectivity index (χ0v) is 46.5. The minimum absolute atomic E-state index is 0.317. The Labute approximate surface area is 462 Å². The molecule has 0 amide bonds. The molecule has 0 saturated heterocycles. The van der Waals surface area contributed by atoms with E-state index in [1.807, 2.05) is 18.2 Å². The number of aryl methyl sites for hydroxylation is 2. The van der Waals surface area contributed by atoms with E-state index in [4.69, 9.17) is 14.0 Å². The van der Waals surface area contributed by atoms with Crippen LogP contribution in [0.5, 0.6) is 17.2 Å². The average molecular weight is 1050 g/mol. The quantitative estimate of drug-likeness (QED) is 0.100.